The van der Waals surface area contributed by atoms with Crippen molar-refractivity contribution in [1.82, 2.24) is 0 Å². The Morgan fingerprint density at radius 3 is 1.60 bits per heavy atom. The third-order valence-electron chi connectivity index (χ3n) is 24.9. The standard InChI is InChI=1S/C64H104O33/c1-24-49(94-54-44(80)35(71)28(69)18-86-54)43(79)48(84)55(90-24)95-50-36(72)29(70)19-87-57(50)97-58(85)63-13-11-59(2,3)15-26(63)25-7-8-33-60(4)16-27(68)51(64(22-66,23-67)34(60)9-10-62(33,6)61(25,5)12-14-63)96-56-47(83)42(78)39(75)32(93-56)21-89-53-46(82)41(77)38(74)31(92-53)20-88-52-45(81)40(76)37(73)30(17-65)91-52/h7,24,26-57,65-84H,8-23H2,1-6H3/t24-,26-,27-,28+,29-,30+,31+,32+,33+,34+,35-,36-,37+,38+,39+,40-,41-,42-,43-,44+,45+,46+,47+,48+,49-,50+,51-,52+,53+,54-,55-,56-,57-,60+,61+,62+,63-/m0/s1. The second-order valence-electron chi connectivity index (χ2n) is 30.9. The van der Waals surface area contributed by atoms with Gasteiger partial charge in [-0.3, -0.25) is 4.79 Å². The minimum Gasteiger partial charge on any atom is -0.432 e. The van der Waals surface area contributed by atoms with Gasteiger partial charge < -0.3 is 159 Å². The van der Waals surface area contributed by atoms with Crippen LogP contribution >= 0.6 is 0 Å². The third-order valence-corrected chi connectivity index (χ3v) is 24.9. The number of aliphatic hydroxyl groups is 20. The molecule has 0 spiro atoms. The lowest BCUT2D eigenvalue weighted by Crippen LogP contribution is -2.71. The van der Waals surface area contributed by atoms with Crippen molar-refractivity contribution in [2.24, 2.45) is 50.2 Å². The largest absolute Gasteiger partial charge is 0.432 e. The third kappa shape index (κ3) is 13.1. The average molecular weight is 1400 g/mol. The smallest absolute Gasteiger partial charge is 0.315 e. The molecule has 0 aromatic heterocycles. The Hall–Kier alpha value is -2.03. The fraction of sp³-hybridized carbons (Fsp3) is 0.953. The zero-order valence-electron chi connectivity index (χ0n) is 55.2. The van der Waals surface area contributed by atoms with Gasteiger partial charge in [-0.25, -0.2) is 0 Å². The summed E-state index contributed by atoms with van der Waals surface area (Å²) >= 11 is 0. The highest BCUT2D eigenvalue weighted by molar-refractivity contribution is 5.79. The van der Waals surface area contributed by atoms with Crippen molar-refractivity contribution in [3.8, 4) is 0 Å². The fourth-order valence-corrected chi connectivity index (χ4v) is 18.9. The number of carbonyl (C=O) groups excluding carboxylic acids is 1. The molecule has 97 heavy (non-hydrogen) atoms. The first-order valence-corrected chi connectivity index (χ1v) is 33.9. The predicted octanol–water partition coefficient (Wildman–Crippen LogP) is -7.17. The number of ether oxygens (including phenoxy) is 12. The summed E-state index contributed by atoms with van der Waals surface area (Å²) in [5.74, 6) is -1.82. The lowest BCUT2D eigenvalue weighted by molar-refractivity contribution is -0.368. The molecule has 37 atom stereocenters. The van der Waals surface area contributed by atoms with Crippen LogP contribution in [-0.2, 0) is 61.6 Å². The topological polar surface area (TPSA) is 532 Å². The molecule has 6 heterocycles. The maximum Gasteiger partial charge on any atom is 0.315 e. The van der Waals surface area contributed by atoms with Gasteiger partial charge in [-0.2, -0.15) is 0 Å². The lowest BCUT2D eigenvalue weighted by Gasteiger charge is -2.72. The van der Waals surface area contributed by atoms with Crippen molar-refractivity contribution < 1.29 is 164 Å². The number of rotatable bonds is 17. The molecule has 20 N–H and O–H groups in total. The van der Waals surface area contributed by atoms with Crippen molar-refractivity contribution in [1.29, 1.82) is 0 Å². The molecule has 6 saturated heterocycles. The van der Waals surface area contributed by atoms with E-state index in [1.54, 1.807) is 0 Å². The van der Waals surface area contributed by atoms with Crippen molar-refractivity contribution in [3.63, 3.8) is 0 Å². The van der Waals surface area contributed by atoms with E-state index in [2.05, 4.69) is 33.8 Å². The Morgan fingerprint density at radius 1 is 0.495 bits per heavy atom. The van der Waals surface area contributed by atoms with Crippen LogP contribution in [0.4, 0.5) is 0 Å². The first-order chi connectivity index (χ1) is 45.6. The summed E-state index contributed by atoms with van der Waals surface area (Å²) in [6.07, 6.45) is -44.5. The summed E-state index contributed by atoms with van der Waals surface area (Å²) in [5, 5.41) is 219. The summed E-state index contributed by atoms with van der Waals surface area (Å²) in [7, 11) is 0. The van der Waals surface area contributed by atoms with Crippen LogP contribution in [0.5, 0.6) is 0 Å². The van der Waals surface area contributed by atoms with Gasteiger partial charge >= 0.3 is 5.97 Å². The molecule has 0 aromatic rings. The van der Waals surface area contributed by atoms with Crippen molar-refractivity contribution in [2.45, 2.75) is 284 Å². The molecular formula is C64H104O33. The van der Waals surface area contributed by atoms with Crippen LogP contribution in [0.3, 0.4) is 0 Å². The van der Waals surface area contributed by atoms with Crippen molar-refractivity contribution in [2.75, 3.05) is 46.2 Å². The van der Waals surface area contributed by atoms with E-state index in [1.807, 2.05) is 6.92 Å². The number of aliphatic hydroxyl groups excluding tert-OH is 20. The van der Waals surface area contributed by atoms with E-state index in [0.717, 1.165) is 5.57 Å². The first-order valence-electron chi connectivity index (χ1n) is 33.9. The van der Waals surface area contributed by atoms with Gasteiger partial charge in [-0.15, -0.1) is 0 Å². The Balaban J connectivity index is 0.778. The van der Waals surface area contributed by atoms with Gasteiger partial charge in [0.1, 0.15) is 122 Å². The van der Waals surface area contributed by atoms with Gasteiger partial charge in [0.05, 0.1) is 70.0 Å². The molecule has 10 fully saturated rings. The molecule has 5 aliphatic carbocycles. The Kier molecular flexibility index (Phi) is 22.6. The lowest BCUT2D eigenvalue weighted by atomic mass is 9.33. The van der Waals surface area contributed by atoms with E-state index in [0.29, 0.717) is 51.4 Å². The van der Waals surface area contributed by atoms with Gasteiger partial charge in [0.2, 0.25) is 6.29 Å². The average Bonchev–Trinajstić information content (AvgIpc) is 0.673. The van der Waals surface area contributed by atoms with Gasteiger partial charge in [-0.1, -0.05) is 46.3 Å². The molecule has 11 rings (SSSR count). The minimum absolute atomic E-state index is 0.0554. The Labute approximate surface area is 559 Å². The number of hydrogen-bond donors (Lipinski definition) is 20. The van der Waals surface area contributed by atoms with E-state index < -0.39 is 275 Å². The predicted molar refractivity (Wildman–Crippen MR) is 319 cm³/mol. The molecule has 0 bridgehead atoms. The first kappa shape index (κ1) is 76.1. The van der Waals surface area contributed by atoms with Crippen LogP contribution in [0.25, 0.3) is 0 Å². The molecule has 33 heteroatoms. The quantitative estimate of drug-likeness (QED) is 0.0365. The molecule has 0 aromatic carbocycles. The van der Waals surface area contributed by atoms with Gasteiger partial charge in [0.15, 0.2) is 37.6 Å². The normalized spacial score (nSPS) is 53.7. The zero-order chi connectivity index (χ0) is 70.7. The van der Waals surface area contributed by atoms with Crippen LogP contribution in [0, 0.1) is 50.2 Å². The highest BCUT2D eigenvalue weighted by Gasteiger charge is 2.73. The highest BCUT2D eigenvalue weighted by atomic mass is 16.8. The summed E-state index contributed by atoms with van der Waals surface area (Å²) in [5.41, 5.74) is -3.96. The molecule has 0 radical (unpaired) electrons. The van der Waals surface area contributed by atoms with E-state index in [-0.39, 0.29) is 17.8 Å². The fourth-order valence-electron chi connectivity index (χ4n) is 18.9. The maximum absolute atomic E-state index is 15.4. The molecule has 33 nitrogen and oxygen atoms in total. The monoisotopic (exact) mass is 1400 g/mol. The molecule has 11 aliphatic rings. The van der Waals surface area contributed by atoms with Gasteiger partial charge in [-0.05, 0) is 104 Å². The van der Waals surface area contributed by atoms with E-state index in [1.165, 1.54) is 6.92 Å². The van der Waals surface area contributed by atoms with Crippen molar-refractivity contribution >= 4 is 5.97 Å². The van der Waals surface area contributed by atoms with Gasteiger partial charge in [0.25, 0.3) is 0 Å². The van der Waals surface area contributed by atoms with Crippen LogP contribution in [-0.4, -0.2) is 339 Å². The van der Waals surface area contributed by atoms with Crippen LogP contribution in [0.2, 0.25) is 0 Å². The molecular weight excluding hydrogens is 1300 g/mol. The van der Waals surface area contributed by atoms with E-state index in [4.69, 9.17) is 56.8 Å². The van der Waals surface area contributed by atoms with E-state index >= 15 is 4.79 Å². The second-order valence-corrected chi connectivity index (χ2v) is 30.9. The number of esters is 1. The summed E-state index contributed by atoms with van der Waals surface area (Å²) in [4.78, 5) is 15.4. The Bertz CT molecular complexity index is 2710. The molecule has 0 unspecified atom stereocenters. The maximum atomic E-state index is 15.4. The summed E-state index contributed by atoms with van der Waals surface area (Å²) in [6.45, 7) is 7.70. The summed E-state index contributed by atoms with van der Waals surface area (Å²) in [6, 6.07) is 0. The molecule has 6 aliphatic heterocycles. The number of allylic oxidation sites excluding steroid dienone is 2. The van der Waals surface area contributed by atoms with Crippen LogP contribution in [0.1, 0.15) is 99.3 Å². The van der Waals surface area contributed by atoms with E-state index in [9.17, 15) is 102 Å². The molecule has 4 saturated carbocycles. The number of hydrogen-bond acceptors (Lipinski definition) is 33. The summed E-state index contributed by atoms with van der Waals surface area (Å²) < 4.78 is 70.2. The molecule has 0 amide bonds. The minimum atomic E-state index is -2.00. The van der Waals surface area contributed by atoms with Crippen LogP contribution < -0.4 is 0 Å². The SMILES string of the molecule is C[C@@H]1O[C@@H](O[C@H]2[C@H](OC(=O)[C@]34CCC(C)(C)C[C@H]3C3=CC[C@@H]5[C@@]6(C)C[C@H](O)[C@H](O[C@@H]7O[C@H](CO[C@@H]8O[C@H](CO[C@@H]9O[C@H](CO)[C@@H](O)[C@H](O)[C@H]9O)[C@@H](O)[C@H](O)[C@H]8O)[C@@H](O)[C@H](O)[C@H]7O)C(CO)(CO)[C@@H]6CC[C@@]5(C)[C@]3(C)CC4)OC[C@H](O)[C@@H]2O)[C@H](O)[C@H](O)[C@H]1O[C@@H]1OC[C@@H](O)[C@H](O)[C@H]1O. The second kappa shape index (κ2) is 28.8. The highest BCUT2D eigenvalue weighted by Crippen LogP contribution is 2.76. The zero-order valence-corrected chi connectivity index (χ0v) is 55.2. The van der Waals surface area contributed by atoms with Crippen LogP contribution in [0.15, 0.2) is 11.6 Å². The number of fused-ring (bicyclic) bond motifs is 7. The van der Waals surface area contributed by atoms with Gasteiger partial charge in [0, 0.05) is 5.41 Å². The Morgan fingerprint density at radius 2 is 1.00 bits per heavy atom. The van der Waals surface area contributed by atoms with Crippen molar-refractivity contribution in [3.05, 3.63) is 11.6 Å². The molecule has 558 valence electrons. The number of carbonyl (C=O) groups is 1.